The standard InChI is InChI=1S/C28H24N2Si/c1-31(2,3)22-16-15-20-18-29-27-23-13-7-9-19-10-8-14-25(26(19)23)30(28(27)24(20)17-22)21-11-5-4-6-12-21/h4-18H,1-3H3. The van der Waals surface area contributed by atoms with E-state index in [1.807, 2.05) is 6.20 Å². The molecule has 2 heterocycles. The van der Waals surface area contributed by atoms with Crippen molar-refractivity contribution in [2.45, 2.75) is 19.6 Å². The first-order valence-electron chi connectivity index (χ1n) is 10.8. The smallest absolute Gasteiger partial charge is 0.0956 e. The molecule has 0 fully saturated rings. The number of para-hydroxylation sites is 1. The molecule has 6 rings (SSSR count). The van der Waals surface area contributed by atoms with Crippen molar-refractivity contribution in [1.82, 2.24) is 4.98 Å². The minimum absolute atomic E-state index is 1.06. The average molecular weight is 417 g/mol. The van der Waals surface area contributed by atoms with Gasteiger partial charge in [-0.15, -0.1) is 0 Å². The molecule has 0 radical (unpaired) electrons. The van der Waals surface area contributed by atoms with Gasteiger partial charge in [0.2, 0.25) is 0 Å². The second kappa shape index (κ2) is 6.53. The van der Waals surface area contributed by atoms with Crippen LogP contribution < -0.4 is 10.1 Å². The Kier molecular flexibility index (Phi) is 3.86. The Morgan fingerprint density at radius 3 is 2.29 bits per heavy atom. The predicted molar refractivity (Wildman–Crippen MR) is 136 cm³/mol. The van der Waals surface area contributed by atoms with Crippen molar-refractivity contribution in [2.75, 3.05) is 4.90 Å². The lowest BCUT2D eigenvalue weighted by Crippen LogP contribution is -2.37. The summed E-state index contributed by atoms with van der Waals surface area (Å²) in [5.74, 6) is 0. The van der Waals surface area contributed by atoms with E-state index in [4.69, 9.17) is 4.98 Å². The number of rotatable bonds is 2. The van der Waals surface area contributed by atoms with Crippen LogP contribution in [0.15, 0.2) is 91.1 Å². The summed E-state index contributed by atoms with van der Waals surface area (Å²) in [5, 5.41) is 6.46. The van der Waals surface area contributed by atoms with Gasteiger partial charge in [-0.05, 0) is 23.6 Å². The molecule has 1 aromatic heterocycles. The molecule has 0 spiro atoms. The van der Waals surface area contributed by atoms with Gasteiger partial charge in [0.25, 0.3) is 0 Å². The number of nitrogens with zero attached hydrogens (tertiary/aromatic N) is 2. The summed E-state index contributed by atoms with van der Waals surface area (Å²) in [6.45, 7) is 7.23. The zero-order valence-corrected chi connectivity index (χ0v) is 19.1. The second-order valence-corrected chi connectivity index (χ2v) is 14.4. The molecule has 0 saturated heterocycles. The minimum atomic E-state index is -1.46. The molecule has 1 aliphatic heterocycles. The Morgan fingerprint density at radius 1 is 0.742 bits per heavy atom. The average Bonchev–Trinajstić information content (AvgIpc) is 2.79. The van der Waals surface area contributed by atoms with Crippen LogP contribution in [0.2, 0.25) is 19.6 Å². The summed E-state index contributed by atoms with van der Waals surface area (Å²) in [5.41, 5.74) is 5.86. The molecule has 0 atom stereocenters. The summed E-state index contributed by atoms with van der Waals surface area (Å²) in [6.07, 6.45) is 2.04. The molecule has 3 heteroatoms. The van der Waals surface area contributed by atoms with Gasteiger partial charge in [0, 0.05) is 33.6 Å². The molecule has 1 aliphatic rings. The summed E-state index contributed by atoms with van der Waals surface area (Å²) < 4.78 is 0. The molecule has 2 nitrogen and oxygen atoms in total. The van der Waals surface area contributed by atoms with Gasteiger partial charge in [-0.1, -0.05) is 91.6 Å². The zero-order chi connectivity index (χ0) is 21.2. The van der Waals surface area contributed by atoms with Gasteiger partial charge >= 0.3 is 0 Å². The molecule has 0 bridgehead atoms. The maximum absolute atomic E-state index is 5.01. The second-order valence-electron chi connectivity index (χ2n) is 9.36. The van der Waals surface area contributed by atoms with E-state index in [0.717, 1.165) is 5.69 Å². The number of hydrogen-bond donors (Lipinski definition) is 0. The molecule has 5 aromatic rings. The third-order valence-electron chi connectivity index (χ3n) is 6.35. The topological polar surface area (TPSA) is 16.1 Å². The van der Waals surface area contributed by atoms with Gasteiger partial charge in [-0.25, -0.2) is 0 Å². The van der Waals surface area contributed by atoms with E-state index in [2.05, 4.69) is 109 Å². The molecule has 0 saturated carbocycles. The molecular formula is C28H24N2Si. The molecular weight excluding hydrogens is 392 g/mol. The van der Waals surface area contributed by atoms with Crippen LogP contribution in [0.1, 0.15) is 0 Å². The van der Waals surface area contributed by atoms with Crippen LogP contribution in [0.5, 0.6) is 0 Å². The van der Waals surface area contributed by atoms with Gasteiger partial charge in [-0.2, -0.15) is 0 Å². The van der Waals surface area contributed by atoms with Crippen molar-refractivity contribution in [2.24, 2.45) is 0 Å². The number of hydrogen-bond acceptors (Lipinski definition) is 2. The summed E-state index contributed by atoms with van der Waals surface area (Å²) in [6, 6.07) is 30.8. The SMILES string of the molecule is C[Si](C)(C)c1ccc2cnc3c(c2c1)N(c1ccccc1)c1cccc2cccc-3c12. The Morgan fingerprint density at radius 2 is 1.52 bits per heavy atom. The van der Waals surface area contributed by atoms with Crippen molar-refractivity contribution in [3.63, 3.8) is 0 Å². The largest absolute Gasteiger partial charge is 0.307 e. The van der Waals surface area contributed by atoms with E-state index in [1.54, 1.807) is 0 Å². The van der Waals surface area contributed by atoms with Crippen molar-refractivity contribution in [3.05, 3.63) is 91.1 Å². The Bertz CT molecular complexity index is 1460. The molecule has 0 amide bonds. The highest BCUT2D eigenvalue weighted by Crippen LogP contribution is 2.52. The van der Waals surface area contributed by atoms with Gasteiger partial charge in [0.1, 0.15) is 0 Å². The fourth-order valence-electron chi connectivity index (χ4n) is 4.76. The number of anilines is 3. The van der Waals surface area contributed by atoms with Crippen LogP contribution in [0, 0.1) is 0 Å². The molecule has 0 N–H and O–H groups in total. The third kappa shape index (κ3) is 2.74. The Hall–Kier alpha value is -3.43. The quantitative estimate of drug-likeness (QED) is 0.274. The molecule has 4 aromatic carbocycles. The maximum atomic E-state index is 5.01. The van der Waals surface area contributed by atoms with Crippen molar-refractivity contribution < 1.29 is 0 Å². The van der Waals surface area contributed by atoms with Crippen LogP contribution in [0.3, 0.4) is 0 Å². The first-order chi connectivity index (χ1) is 15.0. The number of aromatic nitrogens is 1. The molecule has 0 unspecified atom stereocenters. The lowest BCUT2D eigenvalue weighted by molar-refractivity contribution is 1.25. The lowest BCUT2D eigenvalue weighted by Gasteiger charge is -2.34. The number of fused-ring (bicyclic) bond motifs is 4. The normalized spacial score (nSPS) is 12.9. The summed E-state index contributed by atoms with van der Waals surface area (Å²) in [7, 11) is -1.46. The molecule has 150 valence electrons. The van der Waals surface area contributed by atoms with Crippen LogP contribution in [-0.2, 0) is 0 Å². The minimum Gasteiger partial charge on any atom is -0.307 e. The van der Waals surface area contributed by atoms with Crippen LogP contribution in [-0.4, -0.2) is 13.1 Å². The van der Waals surface area contributed by atoms with Crippen LogP contribution >= 0.6 is 0 Å². The van der Waals surface area contributed by atoms with Crippen LogP contribution in [0.25, 0.3) is 32.8 Å². The fourth-order valence-corrected chi connectivity index (χ4v) is 5.92. The summed E-state index contributed by atoms with van der Waals surface area (Å²) >= 11 is 0. The van der Waals surface area contributed by atoms with E-state index in [0.29, 0.717) is 0 Å². The third-order valence-corrected chi connectivity index (χ3v) is 8.39. The fraction of sp³-hybridized carbons (Fsp3) is 0.107. The first kappa shape index (κ1) is 18.3. The number of benzene rings is 4. The monoisotopic (exact) mass is 416 g/mol. The van der Waals surface area contributed by atoms with Gasteiger partial charge < -0.3 is 4.90 Å². The summed E-state index contributed by atoms with van der Waals surface area (Å²) in [4.78, 5) is 7.42. The van der Waals surface area contributed by atoms with E-state index >= 15 is 0 Å². The van der Waals surface area contributed by atoms with Crippen molar-refractivity contribution >= 4 is 51.9 Å². The van der Waals surface area contributed by atoms with Crippen molar-refractivity contribution in [1.29, 1.82) is 0 Å². The van der Waals surface area contributed by atoms with Gasteiger partial charge in [0.05, 0.1) is 25.1 Å². The first-order valence-corrected chi connectivity index (χ1v) is 14.3. The number of pyridine rings is 1. The highest BCUT2D eigenvalue weighted by atomic mass is 28.3. The highest BCUT2D eigenvalue weighted by molar-refractivity contribution is 6.88. The lowest BCUT2D eigenvalue weighted by atomic mass is 9.92. The van der Waals surface area contributed by atoms with E-state index in [-0.39, 0.29) is 0 Å². The molecule has 31 heavy (non-hydrogen) atoms. The van der Waals surface area contributed by atoms with Crippen molar-refractivity contribution in [3.8, 4) is 11.3 Å². The highest BCUT2D eigenvalue weighted by Gasteiger charge is 2.29. The van der Waals surface area contributed by atoms with Crippen LogP contribution in [0.4, 0.5) is 17.1 Å². The zero-order valence-electron chi connectivity index (χ0n) is 18.1. The maximum Gasteiger partial charge on any atom is 0.0956 e. The Balaban J connectivity index is 1.79. The van der Waals surface area contributed by atoms with Gasteiger partial charge in [0.15, 0.2) is 0 Å². The van der Waals surface area contributed by atoms with E-state index in [9.17, 15) is 0 Å². The van der Waals surface area contributed by atoms with E-state index in [1.165, 1.54) is 49.4 Å². The van der Waals surface area contributed by atoms with E-state index < -0.39 is 8.07 Å². The molecule has 0 aliphatic carbocycles. The Labute approximate surface area is 183 Å². The predicted octanol–water partition coefficient (Wildman–Crippen LogP) is 7.38. The van der Waals surface area contributed by atoms with Gasteiger partial charge in [-0.3, -0.25) is 4.98 Å².